The summed E-state index contributed by atoms with van der Waals surface area (Å²) >= 11 is 6.05. The summed E-state index contributed by atoms with van der Waals surface area (Å²) in [5, 5.41) is 20.6. The molecule has 0 radical (unpaired) electrons. The zero-order valence-corrected chi connectivity index (χ0v) is 11.3. The molecule has 1 rings (SSSR count). The lowest BCUT2D eigenvalue weighted by atomic mass is 10.2. The number of benzene rings is 1. The number of aromatic hydroxyl groups is 1. The molecule has 1 aromatic rings. The minimum absolute atomic E-state index is 0.293. The molecule has 0 atom stereocenters. The van der Waals surface area contributed by atoms with Gasteiger partial charge >= 0.3 is 5.69 Å². The quantitative estimate of drug-likeness (QED) is 0.635. The van der Waals surface area contributed by atoms with Crippen molar-refractivity contribution in [2.45, 2.75) is 26.7 Å². The smallest absolute Gasteiger partial charge is 0.312 e. The summed E-state index contributed by atoms with van der Waals surface area (Å²) in [7, 11) is 0. The van der Waals surface area contributed by atoms with Crippen molar-refractivity contribution in [1.82, 2.24) is 0 Å². The zero-order valence-electron chi connectivity index (χ0n) is 10.5. The third-order valence-electron chi connectivity index (χ3n) is 2.57. The van der Waals surface area contributed by atoms with Gasteiger partial charge < -0.3 is 10.0 Å². The van der Waals surface area contributed by atoms with Gasteiger partial charge in [0.25, 0.3) is 0 Å². The van der Waals surface area contributed by atoms with E-state index in [9.17, 15) is 15.2 Å². The van der Waals surface area contributed by atoms with Gasteiger partial charge in [0.2, 0.25) is 0 Å². The number of phenolic OH excluding ortho intramolecular Hbond substituents is 1. The Balaban J connectivity index is 3.15. The summed E-state index contributed by atoms with van der Waals surface area (Å²) in [6, 6.07) is 2.57. The molecule has 0 unspecified atom stereocenters. The van der Waals surface area contributed by atoms with Gasteiger partial charge in [0, 0.05) is 25.2 Å². The Morgan fingerprint density at radius 1 is 1.33 bits per heavy atom. The van der Waals surface area contributed by atoms with Crippen LogP contribution in [0.2, 0.25) is 5.02 Å². The summed E-state index contributed by atoms with van der Waals surface area (Å²) in [4.78, 5) is 12.1. The van der Waals surface area contributed by atoms with Crippen molar-refractivity contribution in [3.8, 4) is 5.75 Å². The maximum atomic E-state index is 10.7. The lowest BCUT2D eigenvalue weighted by molar-refractivity contribution is -0.385. The Morgan fingerprint density at radius 2 is 1.89 bits per heavy atom. The number of anilines is 1. The molecule has 1 N–H and O–H groups in total. The number of rotatable bonds is 6. The average molecular weight is 273 g/mol. The Labute approximate surface area is 111 Å². The Kier molecular flexibility index (Phi) is 5.22. The zero-order chi connectivity index (χ0) is 13.7. The highest BCUT2D eigenvalue weighted by molar-refractivity contribution is 6.33. The molecule has 0 aliphatic carbocycles. The fourth-order valence-corrected chi connectivity index (χ4v) is 2.10. The van der Waals surface area contributed by atoms with Crippen molar-refractivity contribution in [2.24, 2.45) is 0 Å². The lowest BCUT2D eigenvalue weighted by Gasteiger charge is -2.24. The number of nitrogens with zero attached hydrogens (tertiary/aromatic N) is 2. The van der Waals surface area contributed by atoms with Crippen molar-refractivity contribution in [2.75, 3.05) is 18.0 Å². The molecule has 0 heterocycles. The molecule has 0 saturated carbocycles. The summed E-state index contributed by atoms with van der Waals surface area (Å²) in [5.41, 5.74) is 0.278. The Hall–Kier alpha value is -1.49. The Bertz CT molecular complexity index is 432. The van der Waals surface area contributed by atoms with E-state index in [1.165, 1.54) is 12.1 Å². The van der Waals surface area contributed by atoms with Gasteiger partial charge in [0.1, 0.15) is 0 Å². The highest BCUT2D eigenvalue weighted by Crippen LogP contribution is 2.37. The minimum atomic E-state index is -0.644. The molecular formula is C12H17ClN2O3. The van der Waals surface area contributed by atoms with Gasteiger partial charge in [-0.2, -0.15) is 0 Å². The average Bonchev–Trinajstić information content (AvgIpc) is 2.31. The number of hydrogen-bond donors (Lipinski definition) is 1. The summed E-state index contributed by atoms with van der Waals surface area (Å²) in [6.45, 7) is 5.68. The van der Waals surface area contributed by atoms with Crippen molar-refractivity contribution >= 4 is 23.0 Å². The second-order valence-corrected chi connectivity index (χ2v) is 4.44. The van der Waals surface area contributed by atoms with E-state index in [2.05, 4.69) is 0 Å². The third kappa shape index (κ3) is 3.26. The van der Waals surface area contributed by atoms with Crippen LogP contribution in [0.25, 0.3) is 0 Å². The predicted molar refractivity (Wildman–Crippen MR) is 72.6 cm³/mol. The fraction of sp³-hybridized carbons (Fsp3) is 0.500. The first kappa shape index (κ1) is 14.6. The van der Waals surface area contributed by atoms with E-state index in [0.717, 1.165) is 25.9 Å². The molecule has 1 aromatic carbocycles. The fourth-order valence-electron chi connectivity index (χ4n) is 1.82. The van der Waals surface area contributed by atoms with Crippen LogP contribution >= 0.6 is 11.6 Å². The number of hydrogen-bond acceptors (Lipinski definition) is 4. The van der Waals surface area contributed by atoms with Crippen molar-refractivity contribution in [3.05, 3.63) is 27.3 Å². The summed E-state index contributed by atoms with van der Waals surface area (Å²) < 4.78 is 0. The van der Waals surface area contributed by atoms with Gasteiger partial charge in [0.05, 0.1) is 15.6 Å². The van der Waals surface area contributed by atoms with Crippen LogP contribution in [0, 0.1) is 10.1 Å². The van der Waals surface area contributed by atoms with Gasteiger partial charge in [-0.3, -0.25) is 10.1 Å². The topological polar surface area (TPSA) is 66.6 Å². The van der Waals surface area contributed by atoms with E-state index in [-0.39, 0.29) is 11.4 Å². The first-order valence-electron chi connectivity index (χ1n) is 5.93. The van der Waals surface area contributed by atoms with Crippen LogP contribution in [-0.2, 0) is 0 Å². The molecule has 0 aliphatic heterocycles. The summed E-state index contributed by atoms with van der Waals surface area (Å²) in [5.74, 6) is -0.350. The molecule has 0 amide bonds. The van der Waals surface area contributed by atoms with Crippen LogP contribution < -0.4 is 4.90 Å². The highest BCUT2D eigenvalue weighted by atomic mass is 35.5. The first-order chi connectivity index (χ1) is 8.51. The second kappa shape index (κ2) is 6.44. The molecule has 0 aliphatic rings. The largest absolute Gasteiger partial charge is 0.502 e. The lowest BCUT2D eigenvalue weighted by Crippen LogP contribution is -2.25. The van der Waals surface area contributed by atoms with Crippen LogP contribution in [0.4, 0.5) is 11.4 Å². The molecule has 6 heteroatoms. The molecule has 0 saturated heterocycles. The van der Waals surface area contributed by atoms with Crippen LogP contribution in [0.3, 0.4) is 0 Å². The van der Waals surface area contributed by atoms with E-state index >= 15 is 0 Å². The number of nitro benzene ring substituents is 1. The monoisotopic (exact) mass is 272 g/mol. The van der Waals surface area contributed by atoms with Crippen LogP contribution in [0.5, 0.6) is 5.75 Å². The Morgan fingerprint density at radius 3 is 2.33 bits per heavy atom. The number of phenols is 1. The molecule has 100 valence electrons. The van der Waals surface area contributed by atoms with Crippen LogP contribution in [0.1, 0.15) is 26.7 Å². The number of halogens is 1. The molecule has 0 spiro atoms. The molecule has 0 aromatic heterocycles. The normalized spacial score (nSPS) is 10.4. The maximum Gasteiger partial charge on any atom is 0.312 e. The molecule has 0 fully saturated rings. The van der Waals surface area contributed by atoms with E-state index in [4.69, 9.17) is 11.6 Å². The van der Waals surface area contributed by atoms with Crippen molar-refractivity contribution in [3.63, 3.8) is 0 Å². The second-order valence-electron chi connectivity index (χ2n) is 4.04. The van der Waals surface area contributed by atoms with E-state index < -0.39 is 4.92 Å². The summed E-state index contributed by atoms with van der Waals surface area (Å²) in [6.07, 6.45) is 1.88. The van der Waals surface area contributed by atoms with Gasteiger partial charge in [-0.05, 0) is 12.8 Å². The van der Waals surface area contributed by atoms with E-state index in [1.807, 2.05) is 18.7 Å². The SMILES string of the molecule is CCCN(CCC)c1cc(O)c([N+](=O)[O-])cc1Cl. The van der Waals surface area contributed by atoms with Gasteiger partial charge in [-0.1, -0.05) is 25.4 Å². The maximum absolute atomic E-state index is 10.7. The van der Waals surface area contributed by atoms with Gasteiger partial charge in [-0.15, -0.1) is 0 Å². The first-order valence-corrected chi connectivity index (χ1v) is 6.30. The van der Waals surface area contributed by atoms with Crippen LogP contribution in [0.15, 0.2) is 12.1 Å². The minimum Gasteiger partial charge on any atom is -0.502 e. The van der Waals surface area contributed by atoms with Crippen LogP contribution in [-0.4, -0.2) is 23.1 Å². The van der Waals surface area contributed by atoms with E-state index in [1.54, 1.807) is 0 Å². The molecule has 18 heavy (non-hydrogen) atoms. The van der Waals surface area contributed by atoms with Crippen molar-refractivity contribution < 1.29 is 10.0 Å². The van der Waals surface area contributed by atoms with Gasteiger partial charge in [-0.25, -0.2) is 0 Å². The molecular weight excluding hydrogens is 256 g/mol. The number of nitro groups is 1. The molecule has 0 bridgehead atoms. The predicted octanol–water partition coefficient (Wildman–Crippen LogP) is 3.58. The van der Waals surface area contributed by atoms with Gasteiger partial charge in [0.15, 0.2) is 5.75 Å². The standard InChI is InChI=1S/C12H17ClN2O3/c1-3-5-14(6-4-2)10-8-12(16)11(15(17)18)7-9(10)13/h7-8,16H,3-6H2,1-2H3. The van der Waals surface area contributed by atoms with E-state index in [0.29, 0.717) is 10.7 Å². The van der Waals surface area contributed by atoms with Crippen molar-refractivity contribution in [1.29, 1.82) is 0 Å². The third-order valence-corrected chi connectivity index (χ3v) is 2.87. The molecule has 5 nitrogen and oxygen atoms in total. The highest BCUT2D eigenvalue weighted by Gasteiger charge is 2.19.